The van der Waals surface area contributed by atoms with Gasteiger partial charge in [0.2, 0.25) is 0 Å². The van der Waals surface area contributed by atoms with Crippen LogP contribution in [0.1, 0.15) is 13.3 Å². The molecule has 0 aromatic carbocycles. The first kappa shape index (κ1) is 11.7. The van der Waals surface area contributed by atoms with Gasteiger partial charge in [0.1, 0.15) is 0 Å². The Balaban J connectivity index is 4.06. The molecule has 0 aliphatic rings. The number of methoxy groups -OCH3 is 2. The van der Waals surface area contributed by atoms with Crippen molar-refractivity contribution >= 4 is 11.9 Å². The minimum Gasteiger partial charge on any atom is -0.469 e. The van der Waals surface area contributed by atoms with Gasteiger partial charge in [-0.1, -0.05) is 13.5 Å². The van der Waals surface area contributed by atoms with E-state index in [0.717, 1.165) is 0 Å². The molecule has 0 spiro atoms. The van der Waals surface area contributed by atoms with Crippen LogP contribution in [0.2, 0.25) is 0 Å². The van der Waals surface area contributed by atoms with Crippen LogP contribution in [-0.4, -0.2) is 26.2 Å². The summed E-state index contributed by atoms with van der Waals surface area (Å²) in [5, 5.41) is 0. The maximum atomic E-state index is 10.9. The molecule has 0 radical (unpaired) electrons. The van der Waals surface area contributed by atoms with E-state index in [4.69, 9.17) is 0 Å². The smallest absolute Gasteiger partial charge is 0.333 e. The lowest BCUT2D eigenvalue weighted by molar-refractivity contribution is -0.144. The van der Waals surface area contributed by atoms with Gasteiger partial charge in [-0.2, -0.15) is 0 Å². The van der Waals surface area contributed by atoms with Crippen molar-refractivity contribution in [2.45, 2.75) is 13.3 Å². The molecule has 0 amide bonds. The molecule has 0 aliphatic heterocycles. The van der Waals surface area contributed by atoms with Gasteiger partial charge in [0.05, 0.1) is 20.1 Å². The van der Waals surface area contributed by atoms with Crippen molar-refractivity contribution in [2.24, 2.45) is 5.92 Å². The number of esters is 2. The summed E-state index contributed by atoms with van der Waals surface area (Å²) in [7, 11) is 2.58. The van der Waals surface area contributed by atoms with Crippen molar-refractivity contribution in [3.05, 3.63) is 12.2 Å². The predicted molar refractivity (Wildman–Crippen MR) is 47.0 cm³/mol. The standard InChI is InChI=1S/C9H14O4/c1-6(8(10)12-3)5-7(2)9(11)13-4/h7H,1,5H2,2-4H3. The first-order chi connectivity index (χ1) is 6.02. The van der Waals surface area contributed by atoms with Crippen molar-refractivity contribution in [3.63, 3.8) is 0 Å². The SMILES string of the molecule is C=C(CC(C)C(=O)OC)C(=O)OC. The predicted octanol–water partition coefficient (Wildman–Crippen LogP) is 0.915. The number of ether oxygens (including phenoxy) is 2. The van der Waals surface area contributed by atoms with Crippen molar-refractivity contribution in [2.75, 3.05) is 14.2 Å². The topological polar surface area (TPSA) is 52.6 Å². The van der Waals surface area contributed by atoms with Gasteiger partial charge < -0.3 is 9.47 Å². The Morgan fingerprint density at radius 3 is 2.23 bits per heavy atom. The van der Waals surface area contributed by atoms with Gasteiger partial charge in [0.15, 0.2) is 0 Å². The fourth-order valence-corrected chi connectivity index (χ4v) is 0.882. The highest BCUT2D eigenvalue weighted by Crippen LogP contribution is 2.11. The first-order valence-electron chi connectivity index (χ1n) is 3.86. The Kier molecular flexibility index (Phi) is 4.80. The molecule has 0 saturated heterocycles. The van der Waals surface area contributed by atoms with Crippen LogP contribution >= 0.6 is 0 Å². The zero-order chi connectivity index (χ0) is 10.4. The molecule has 0 bridgehead atoms. The van der Waals surface area contributed by atoms with Crippen molar-refractivity contribution < 1.29 is 19.1 Å². The fraction of sp³-hybridized carbons (Fsp3) is 0.556. The Hall–Kier alpha value is -1.32. The van der Waals surface area contributed by atoms with E-state index in [1.807, 2.05) is 0 Å². The van der Waals surface area contributed by atoms with E-state index in [1.165, 1.54) is 14.2 Å². The van der Waals surface area contributed by atoms with E-state index in [1.54, 1.807) is 6.92 Å². The number of hydrogen-bond acceptors (Lipinski definition) is 4. The molecule has 0 rings (SSSR count). The summed E-state index contributed by atoms with van der Waals surface area (Å²) in [4.78, 5) is 21.8. The Labute approximate surface area is 77.5 Å². The highest BCUT2D eigenvalue weighted by molar-refractivity contribution is 5.88. The van der Waals surface area contributed by atoms with E-state index in [0.29, 0.717) is 0 Å². The van der Waals surface area contributed by atoms with Gasteiger partial charge in [-0.25, -0.2) is 4.79 Å². The quantitative estimate of drug-likeness (QED) is 0.484. The Morgan fingerprint density at radius 1 is 1.31 bits per heavy atom. The van der Waals surface area contributed by atoms with Crippen LogP contribution in [-0.2, 0) is 19.1 Å². The summed E-state index contributed by atoms with van der Waals surface area (Å²) in [6, 6.07) is 0. The Morgan fingerprint density at radius 2 is 1.85 bits per heavy atom. The second kappa shape index (κ2) is 5.35. The van der Waals surface area contributed by atoms with Crippen LogP contribution in [0.3, 0.4) is 0 Å². The molecule has 74 valence electrons. The lowest BCUT2D eigenvalue weighted by Gasteiger charge is -2.09. The summed E-state index contributed by atoms with van der Waals surface area (Å²) in [5.74, 6) is -1.21. The van der Waals surface area contributed by atoms with E-state index in [9.17, 15) is 9.59 Å². The number of rotatable bonds is 4. The Bertz CT molecular complexity index is 220. The summed E-state index contributed by atoms with van der Waals surface area (Å²) in [6.45, 7) is 5.17. The van der Waals surface area contributed by atoms with Crippen LogP contribution in [0.5, 0.6) is 0 Å². The van der Waals surface area contributed by atoms with E-state index >= 15 is 0 Å². The largest absolute Gasteiger partial charge is 0.469 e. The van der Waals surface area contributed by atoms with E-state index in [2.05, 4.69) is 16.1 Å². The van der Waals surface area contributed by atoms with Crippen LogP contribution < -0.4 is 0 Å². The van der Waals surface area contributed by atoms with Crippen LogP contribution in [0, 0.1) is 5.92 Å². The molecule has 0 heterocycles. The van der Waals surface area contributed by atoms with Crippen molar-refractivity contribution in [1.29, 1.82) is 0 Å². The molecule has 1 atom stereocenters. The highest BCUT2D eigenvalue weighted by Gasteiger charge is 2.17. The third-order valence-electron chi connectivity index (χ3n) is 1.63. The summed E-state index contributed by atoms with van der Waals surface area (Å²) in [5.41, 5.74) is 0.278. The molecule has 4 nitrogen and oxygen atoms in total. The highest BCUT2D eigenvalue weighted by atomic mass is 16.5. The molecule has 0 aliphatic carbocycles. The summed E-state index contributed by atoms with van der Waals surface area (Å²) >= 11 is 0. The zero-order valence-corrected chi connectivity index (χ0v) is 8.12. The monoisotopic (exact) mass is 186 g/mol. The maximum Gasteiger partial charge on any atom is 0.333 e. The lowest BCUT2D eigenvalue weighted by Crippen LogP contribution is -2.16. The first-order valence-corrected chi connectivity index (χ1v) is 3.86. The van der Waals surface area contributed by atoms with Gasteiger partial charge in [-0.05, 0) is 6.42 Å². The normalized spacial score (nSPS) is 11.6. The number of hydrogen-bond donors (Lipinski definition) is 0. The number of carbonyl (C=O) groups is 2. The van der Waals surface area contributed by atoms with Gasteiger partial charge >= 0.3 is 11.9 Å². The molecule has 0 aromatic heterocycles. The van der Waals surface area contributed by atoms with Gasteiger partial charge in [0, 0.05) is 5.57 Å². The average molecular weight is 186 g/mol. The third-order valence-corrected chi connectivity index (χ3v) is 1.63. The van der Waals surface area contributed by atoms with Crippen LogP contribution in [0.15, 0.2) is 12.2 Å². The molecule has 0 fully saturated rings. The zero-order valence-electron chi connectivity index (χ0n) is 8.12. The molecule has 0 saturated carbocycles. The molecular formula is C9H14O4. The van der Waals surface area contributed by atoms with Crippen LogP contribution in [0.25, 0.3) is 0 Å². The maximum absolute atomic E-state index is 10.9. The second-order valence-corrected chi connectivity index (χ2v) is 2.72. The van der Waals surface area contributed by atoms with Crippen molar-refractivity contribution in [3.8, 4) is 0 Å². The van der Waals surface area contributed by atoms with Crippen LogP contribution in [0.4, 0.5) is 0 Å². The number of carbonyl (C=O) groups excluding carboxylic acids is 2. The second-order valence-electron chi connectivity index (χ2n) is 2.72. The molecular weight excluding hydrogens is 172 g/mol. The fourth-order valence-electron chi connectivity index (χ4n) is 0.882. The summed E-state index contributed by atoms with van der Waals surface area (Å²) in [6.07, 6.45) is 0.263. The lowest BCUT2D eigenvalue weighted by atomic mass is 10.0. The third kappa shape index (κ3) is 3.73. The van der Waals surface area contributed by atoms with Crippen molar-refractivity contribution in [1.82, 2.24) is 0 Å². The molecule has 4 heteroatoms. The molecule has 13 heavy (non-hydrogen) atoms. The molecule has 0 N–H and O–H groups in total. The van der Waals surface area contributed by atoms with E-state index in [-0.39, 0.29) is 23.9 Å². The molecule has 0 aromatic rings. The summed E-state index contributed by atoms with van der Waals surface area (Å²) < 4.78 is 8.93. The minimum atomic E-state index is -0.490. The van der Waals surface area contributed by atoms with Gasteiger partial charge in [-0.15, -0.1) is 0 Å². The minimum absolute atomic E-state index is 0.263. The van der Waals surface area contributed by atoms with E-state index < -0.39 is 5.97 Å². The van der Waals surface area contributed by atoms with Gasteiger partial charge in [0.25, 0.3) is 0 Å². The average Bonchev–Trinajstić information content (AvgIpc) is 2.14. The molecule has 1 unspecified atom stereocenters. The van der Waals surface area contributed by atoms with Gasteiger partial charge in [-0.3, -0.25) is 4.79 Å².